The fourth-order valence-electron chi connectivity index (χ4n) is 2.12. The van der Waals surface area contributed by atoms with Crippen molar-refractivity contribution >= 4 is 39.5 Å². The zero-order valence-corrected chi connectivity index (χ0v) is 15.2. The minimum Gasteiger partial charge on any atom is -0.465 e. The third kappa shape index (κ3) is 4.48. The Morgan fingerprint density at radius 2 is 2.04 bits per heavy atom. The number of nitrogens with one attached hydrogen (secondary N) is 2. The van der Waals surface area contributed by atoms with Gasteiger partial charge in [-0.05, 0) is 40.5 Å². The summed E-state index contributed by atoms with van der Waals surface area (Å²) in [7, 11) is 1.75. The fraction of sp³-hybridized carbons (Fsp3) is 0.267. The highest BCUT2D eigenvalue weighted by atomic mass is 79.9. The Morgan fingerprint density at radius 3 is 2.71 bits per heavy atom. The molecule has 0 aliphatic heterocycles. The second-order valence-corrected chi connectivity index (χ2v) is 6.28. The standard InChI is InChI=1S/C15H16BrClN4O3/c1-21-12(14(22)18-5-2-6-19-15(23)24)8-20-13(21)10-4-3-9(17)7-11(10)16/h3-4,7-8,19H,2,5-6H2,1H3,(H,18,22)(H,23,24). The number of benzene rings is 1. The zero-order chi connectivity index (χ0) is 17.7. The Bertz CT molecular complexity index is 763. The molecule has 2 amide bonds. The monoisotopic (exact) mass is 414 g/mol. The summed E-state index contributed by atoms with van der Waals surface area (Å²) in [6.45, 7) is 0.647. The summed E-state index contributed by atoms with van der Waals surface area (Å²) in [6.07, 6.45) is 0.929. The third-order valence-electron chi connectivity index (χ3n) is 3.31. The molecule has 1 aromatic heterocycles. The first-order chi connectivity index (χ1) is 11.4. The summed E-state index contributed by atoms with van der Waals surface area (Å²) < 4.78 is 2.48. The Hall–Kier alpha value is -2.06. The minimum atomic E-state index is -1.08. The van der Waals surface area contributed by atoms with Crippen molar-refractivity contribution in [1.29, 1.82) is 0 Å². The van der Waals surface area contributed by atoms with E-state index in [1.165, 1.54) is 6.20 Å². The number of carboxylic acid groups (broad SMARTS) is 1. The van der Waals surface area contributed by atoms with Gasteiger partial charge >= 0.3 is 6.09 Å². The van der Waals surface area contributed by atoms with E-state index in [2.05, 4.69) is 31.5 Å². The molecule has 0 saturated carbocycles. The molecule has 0 unspecified atom stereocenters. The summed E-state index contributed by atoms with van der Waals surface area (Å²) in [4.78, 5) is 26.8. The van der Waals surface area contributed by atoms with Crippen LogP contribution in [0.2, 0.25) is 5.02 Å². The van der Waals surface area contributed by atoms with Crippen LogP contribution >= 0.6 is 27.5 Å². The van der Waals surface area contributed by atoms with E-state index in [-0.39, 0.29) is 12.5 Å². The number of halogens is 2. The summed E-state index contributed by atoms with van der Waals surface area (Å²) in [5.74, 6) is 0.368. The molecule has 1 aromatic carbocycles. The first kappa shape index (κ1) is 18.3. The number of imidazole rings is 1. The van der Waals surface area contributed by atoms with Gasteiger partial charge in [0, 0.05) is 35.2 Å². The SMILES string of the molecule is Cn1c(C(=O)NCCCNC(=O)O)cnc1-c1ccc(Cl)cc1Br. The molecule has 2 aromatic rings. The largest absolute Gasteiger partial charge is 0.465 e. The van der Waals surface area contributed by atoms with E-state index in [9.17, 15) is 9.59 Å². The molecule has 0 atom stereocenters. The lowest BCUT2D eigenvalue weighted by Gasteiger charge is -2.09. The average Bonchev–Trinajstić information content (AvgIpc) is 2.88. The lowest BCUT2D eigenvalue weighted by atomic mass is 10.2. The maximum absolute atomic E-state index is 12.2. The molecule has 0 radical (unpaired) electrons. The fourth-order valence-corrected chi connectivity index (χ4v) is 2.98. The Balaban J connectivity index is 2.04. The molecule has 0 spiro atoms. The Morgan fingerprint density at radius 1 is 1.33 bits per heavy atom. The van der Waals surface area contributed by atoms with E-state index in [0.717, 1.165) is 10.0 Å². The number of carbonyl (C=O) groups excluding carboxylic acids is 1. The van der Waals surface area contributed by atoms with Gasteiger partial charge in [0.2, 0.25) is 0 Å². The summed E-state index contributed by atoms with van der Waals surface area (Å²) >= 11 is 9.38. The van der Waals surface area contributed by atoms with Crippen LogP contribution in [0.5, 0.6) is 0 Å². The van der Waals surface area contributed by atoms with Crippen molar-refractivity contribution in [3.63, 3.8) is 0 Å². The Kier molecular flexibility index (Phi) is 6.22. The van der Waals surface area contributed by atoms with Gasteiger partial charge in [-0.3, -0.25) is 4.79 Å². The van der Waals surface area contributed by atoms with E-state index in [4.69, 9.17) is 16.7 Å². The van der Waals surface area contributed by atoms with Crippen LogP contribution in [0.3, 0.4) is 0 Å². The molecule has 1 heterocycles. The van der Waals surface area contributed by atoms with Gasteiger partial charge in [0.05, 0.1) is 6.20 Å². The quantitative estimate of drug-likeness (QED) is 0.632. The maximum Gasteiger partial charge on any atom is 0.404 e. The molecule has 9 heteroatoms. The van der Waals surface area contributed by atoms with Gasteiger partial charge in [-0.2, -0.15) is 0 Å². The number of amides is 2. The van der Waals surface area contributed by atoms with Gasteiger partial charge in [0.15, 0.2) is 0 Å². The van der Waals surface area contributed by atoms with Crippen molar-refractivity contribution in [2.75, 3.05) is 13.1 Å². The average molecular weight is 416 g/mol. The summed E-state index contributed by atoms with van der Waals surface area (Å²) in [5.41, 5.74) is 1.24. The number of carbonyl (C=O) groups is 2. The normalized spacial score (nSPS) is 10.5. The van der Waals surface area contributed by atoms with Gasteiger partial charge < -0.3 is 20.3 Å². The minimum absolute atomic E-state index is 0.267. The molecule has 7 nitrogen and oxygen atoms in total. The molecule has 128 valence electrons. The van der Waals surface area contributed by atoms with Crippen molar-refractivity contribution in [2.45, 2.75) is 6.42 Å². The smallest absolute Gasteiger partial charge is 0.404 e. The van der Waals surface area contributed by atoms with Gasteiger partial charge in [-0.15, -0.1) is 0 Å². The van der Waals surface area contributed by atoms with E-state index < -0.39 is 6.09 Å². The predicted molar refractivity (Wildman–Crippen MR) is 94.3 cm³/mol. The number of nitrogens with zero attached hydrogens (tertiary/aromatic N) is 2. The van der Waals surface area contributed by atoms with Crippen molar-refractivity contribution in [3.05, 3.63) is 39.6 Å². The number of aromatic nitrogens is 2. The van der Waals surface area contributed by atoms with Crippen LogP contribution in [-0.2, 0) is 7.05 Å². The van der Waals surface area contributed by atoms with Crippen LogP contribution in [0.1, 0.15) is 16.9 Å². The van der Waals surface area contributed by atoms with Gasteiger partial charge in [-0.1, -0.05) is 11.6 Å². The first-order valence-electron chi connectivity index (χ1n) is 7.12. The highest BCUT2D eigenvalue weighted by molar-refractivity contribution is 9.10. The molecule has 3 N–H and O–H groups in total. The van der Waals surface area contributed by atoms with Crippen LogP contribution in [0, 0.1) is 0 Å². The molecule has 0 saturated heterocycles. The van der Waals surface area contributed by atoms with E-state index in [1.54, 1.807) is 23.7 Å². The third-order valence-corrected chi connectivity index (χ3v) is 4.20. The number of hydrogen-bond acceptors (Lipinski definition) is 3. The summed E-state index contributed by atoms with van der Waals surface area (Å²) in [5, 5.41) is 14.0. The zero-order valence-electron chi connectivity index (χ0n) is 12.8. The van der Waals surface area contributed by atoms with Crippen LogP contribution in [0.4, 0.5) is 4.79 Å². The summed E-state index contributed by atoms with van der Waals surface area (Å²) in [6, 6.07) is 5.35. The predicted octanol–water partition coefficient (Wildman–Crippen LogP) is 2.89. The van der Waals surface area contributed by atoms with Crippen molar-refractivity contribution in [3.8, 4) is 11.4 Å². The van der Waals surface area contributed by atoms with Crippen molar-refractivity contribution < 1.29 is 14.7 Å². The topological polar surface area (TPSA) is 96.2 Å². The van der Waals surface area contributed by atoms with Crippen LogP contribution in [-0.4, -0.2) is 39.7 Å². The molecule has 24 heavy (non-hydrogen) atoms. The second-order valence-electron chi connectivity index (χ2n) is 4.99. The molecule has 2 rings (SSSR count). The second kappa shape index (κ2) is 8.16. The molecule has 0 fully saturated rings. The Labute approximate surface area is 152 Å². The van der Waals surface area contributed by atoms with E-state index in [0.29, 0.717) is 29.5 Å². The molecule has 0 aliphatic carbocycles. The van der Waals surface area contributed by atoms with Gasteiger partial charge in [0.25, 0.3) is 5.91 Å². The van der Waals surface area contributed by atoms with Crippen LogP contribution in [0.15, 0.2) is 28.9 Å². The lowest BCUT2D eigenvalue weighted by molar-refractivity contribution is 0.0945. The molecule has 0 bridgehead atoms. The number of hydrogen-bond donors (Lipinski definition) is 3. The van der Waals surface area contributed by atoms with Crippen molar-refractivity contribution in [2.24, 2.45) is 7.05 Å². The lowest BCUT2D eigenvalue weighted by Crippen LogP contribution is -2.30. The van der Waals surface area contributed by atoms with E-state index >= 15 is 0 Å². The highest BCUT2D eigenvalue weighted by Crippen LogP contribution is 2.29. The molecular formula is C15H16BrClN4O3. The van der Waals surface area contributed by atoms with Crippen LogP contribution in [0.25, 0.3) is 11.4 Å². The first-order valence-corrected chi connectivity index (χ1v) is 8.29. The molecule has 0 aliphatic rings. The van der Waals surface area contributed by atoms with Gasteiger partial charge in [0.1, 0.15) is 11.5 Å². The van der Waals surface area contributed by atoms with E-state index in [1.807, 2.05) is 6.07 Å². The van der Waals surface area contributed by atoms with Gasteiger partial charge in [-0.25, -0.2) is 9.78 Å². The highest BCUT2D eigenvalue weighted by Gasteiger charge is 2.16. The van der Waals surface area contributed by atoms with Crippen LogP contribution < -0.4 is 10.6 Å². The van der Waals surface area contributed by atoms with Crippen molar-refractivity contribution in [1.82, 2.24) is 20.2 Å². The maximum atomic E-state index is 12.2. The molecular weight excluding hydrogens is 400 g/mol. The number of rotatable bonds is 6.